The van der Waals surface area contributed by atoms with Crippen molar-refractivity contribution in [3.05, 3.63) is 96.0 Å². The molecule has 7 nitrogen and oxygen atoms in total. The van der Waals surface area contributed by atoms with Crippen molar-refractivity contribution in [2.24, 2.45) is 33.5 Å². The molecule has 9 rings (SSSR count). The van der Waals surface area contributed by atoms with Crippen LogP contribution in [0.25, 0.3) is 10.8 Å². The Morgan fingerprint density at radius 1 is 0.938 bits per heavy atom. The van der Waals surface area contributed by atoms with Gasteiger partial charge in [0.25, 0.3) is 0 Å². The number of ether oxygens (including phenoxy) is 1. The Kier molecular flexibility index (Phi) is 7.18. The molecule has 0 saturated heterocycles. The van der Waals surface area contributed by atoms with E-state index in [1.165, 1.54) is 0 Å². The summed E-state index contributed by atoms with van der Waals surface area (Å²) < 4.78 is 11.3. The molecule has 6 aliphatic rings. The summed E-state index contributed by atoms with van der Waals surface area (Å²) in [6, 6.07) is 17.8. The van der Waals surface area contributed by atoms with Gasteiger partial charge in [-0.05, 0) is 97.6 Å². The number of carbonyl (C=O) groups is 2. The highest BCUT2D eigenvalue weighted by Crippen LogP contribution is 2.78. The van der Waals surface area contributed by atoms with Crippen molar-refractivity contribution in [3.8, 4) is 0 Å². The second-order valence-corrected chi connectivity index (χ2v) is 15.8. The number of aliphatic hydroxyl groups excluding tert-OH is 1. The molecule has 2 bridgehead atoms. The Morgan fingerprint density at radius 2 is 1.69 bits per heavy atom. The summed E-state index contributed by atoms with van der Waals surface area (Å²) in [5, 5.41) is 26.1. The van der Waals surface area contributed by atoms with Crippen LogP contribution >= 0.6 is 0 Å². The van der Waals surface area contributed by atoms with Gasteiger partial charge in [-0.1, -0.05) is 74.5 Å². The first-order valence-electron chi connectivity index (χ1n) is 17.8. The Morgan fingerprint density at radius 3 is 2.48 bits per heavy atom. The number of hydrogen-bond donors (Lipinski definition) is 2. The molecule has 3 fully saturated rings. The van der Waals surface area contributed by atoms with E-state index >= 15 is 0 Å². The van der Waals surface area contributed by atoms with E-state index in [-0.39, 0.29) is 36.2 Å². The zero-order valence-electron chi connectivity index (χ0n) is 28.3. The van der Waals surface area contributed by atoms with Gasteiger partial charge in [0.2, 0.25) is 5.78 Å². The molecule has 3 saturated carbocycles. The molecule has 7 heteroatoms. The maximum atomic E-state index is 14.5. The minimum atomic E-state index is -1.20. The highest BCUT2D eigenvalue weighted by molar-refractivity contribution is 6.08. The second kappa shape index (κ2) is 10.9. The highest BCUT2D eigenvalue weighted by Gasteiger charge is 2.74. The number of ketones is 1. The second-order valence-electron chi connectivity index (χ2n) is 15.8. The summed E-state index contributed by atoms with van der Waals surface area (Å²) in [6.45, 7) is 7.10. The van der Waals surface area contributed by atoms with Crippen LogP contribution in [0, 0.1) is 33.5 Å². The van der Waals surface area contributed by atoms with Gasteiger partial charge in [0.05, 0.1) is 31.1 Å². The SMILES string of the molecule is CCOC(=O)N(Cc1cccc2ccccc12)C[C@]1(O)CC[C@H]2[C@]34C=C[C@@]5(C=C3C(=O)c3ccco3)CC(O)CC[C@]5(C)[C@H]4CC[C@@]21C. The van der Waals surface area contributed by atoms with E-state index in [1.807, 2.05) is 31.2 Å². The van der Waals surface area contributed by atoms with Gasteiger partial charge >= 0.3 is 6.09 Å². The number of amides is 1. The van der Waals surface area contributed by atoms with Crippen LogP contribution in [0.4, 0.5) is 4.79 Å². The highest BCUT2D eigenvalue weighted by atomic mass is 16.6. The van der Waals surface area contributed by atoms with Crippen molar-refractivity contribution in [3.63, 3.8) is 0 Å². The summed E-state index contributed by atoms with van der Waals surface area (Å²) in [5.41, 5.74) is -1.14. The summed E-state index contributed by atoms with van der Waals surface area (Å²) in [6.07, 6.45) is 12.6. The predicted molar refractivity (Wildman–Crippen MR) is 183 cm³/mol. The smallest absolute Gasteiger partial charge is 0.410 e. The fourth-order valence-corrected chi connectivity index (χ4v) is 11.5. The van der Waals surface area contributed by atoms with Gasteiger partial charge in [0.15, 0.2) is 5.76 Å². The molecular weight excluding hydrogens is 602 g/mol. The van der Waals surface area contributed by atoms with Gasteiger partial charge in [-0.2, -0.15) is 0 Å². The molecule has 48 heavy (non-hydrogen) atoms. The number of aliphatic hydroxyl groups is 2. The fourth-order valence-electron chi connectivity index (χ4n) is 11.5. The van der Waals surface area contributed by atoms with Crippen LogP contribution in [0.5, 0.6) is 0 Å². The van der Waals surface area contributed by atoms with Crippen LogP contribution in [0.3, 0.4) is 0 Å². The monoisotopic (exact) mass is 649 g/mol. The molecule has 2 aromatic carbocycles. The summed E-state index contributed by atoms with van der Waals surface area (Å²) in [5.74, 6) is 0.381. The van der Waals surface area contributed by atoms with Crippen LogP contribution in [0.15, 0.2) is 89.1 Å². The standard InChI is InChI=1S/C41H47NO6/c1-4-47-36(45)42(25-28-11-7-10-27-9-5-6-12-30(27)28)26-40(46)19-16-34-38(40,3)18-15-33-37(2)17-14-29(43)23-39(37)20-21-41(33,34)31(24-39)35(44)32-13-8-22-48-32/h5-13,20-22,24,29,33-34,43,46H,4,14-19,23,25-26H2,1-3H3/t29?,33-,34-,37-,38+,39+,40-,41-/m1/s1. The van der Waals surface area contributed by atoms with Gasteiger partial charge in [-0.25, -0.2) is 4.79 Å². The lowest BCUT2D eigenvalue weighted by Gasteiger charge is -2.71. The Hall–Kier alpha value is -3.68. The van der Waals surface area contributed by atoms with Gasteiger partial charge in [0.1, 0.15) is 0 Å². The van der Waals surface area contributed by atoms with Crippen molar-refractivity contribution in [2.75, 3.05) is 13.2 Å². The van der Waals surface area contributed by atoms with Crippen molar-refractivity contribution < 1.29 is 29.0 Å². The van der Waals surface area contributed by atoms with Crippen LogP contribution in [-0.4, -0.2) is 51.8 Å². The average Bonchev–Trinajstić information content (AvgIpc) is 3.71. The molecule has 0 radical (unpaired) electrons. The molecule has 1 amide bonds. The van der Waals surface area contributed by atoms with E-state index in [2.05, 4.69) is 50.3 Å². The van der Waals surface area contributed by atoms with Crippen LogP contribution in [-0.2, 0) is 11.3 Å². The number of rotatable bonds is 7. The summed E-state index contributed by atoms with van der Waals surface area (Å²) in [7, 11) is 0. The Labute approximate surface area is 282 Å². The molecule has 6 aliphatic carbocycles. The third kappa shape index (κ3) is 4.19. The molecule has 1 aromatic heterocycles. The van der Waals surface area contributed by atoms with E-state index in [9.17, 15) is 19.8 Å². The quantitative estimate of drug-likeness (QED) is 0.200. The van der Waals surface area contributed by atoms with Gasteiger partial charge in [-0.3, -0.25) is 4.79 Å². The minimum absolute atomic E-state index is 0.0289. The first kappa shape index (κ1) is 31.6. The maximum absolute atomic E-state index is 14.5. The summed E-state index contributed by atoms with van der Waals surface area (Å²) in [4.78, 5) is 29.8. The Bertz CT molecular complexity index is 1820. The maximum Gasteiger partial charge on any atom is 0.410 e. The number of hydrogen-bond acceptors (Lipinski definition) is 6. The average molecular weight is 650 g/mol. The van der Waals surface area contributed by atoms with E-state index in [0.717, 1.165) is 54.0 Å². The van der Waals surface area contributed by atoms with E-state index in [0.29, 0.717) is 25.1 Å². The molecule has 2 spiro atoms. The van der Waals surface area contributed by atoms with Crippen LogP contribution < -0.4 is 0 Å². The first-order valence-corrected chi connectivity index (χ1v) is 17.8. The van der Waals surface area contributed by atoms with Crippen LogP contribution in [0.1, 0.15) is 81.8 Å². The molecule has 0 aliphatic heterocycles. The number of benzene rings is 2. The largest absolute Gasteiger partial charge is 0.461 e. The Balaban J connectivity index is 1.20. The number of furan rings is 1. The van der Waals surface area contributed by atoms with Crippen molar-refractivity contribution in [2.45, 2.75) is 84.0 Å². The van der Waals surface area contributed by atoms with Crippen molar-refractivity contribution in [1.82, 2.24) is 4.90 Å². The molecular formula is C41H47NO6. The number of fused-ring (bicyclic) bond motifs is 2. The summed E-state index contributed by atoms with van der Waals surface area (Å²) >= 11 is 0. The topological polar surface area (TPSA) is 100 Å². The number of nitrogens with zero attached hydrogens (tertiary/aromatic N) is 1. The third-order valence-electron chi connectivity index (χ3n) is 13.9. The van der Waals surface area contributed by atoms with Gasteiger partial charge < -0.3 is 24.3 Å². The zero-order valence-corrected chi connectivity index (χ0v) is 28.3. The zero-order chi connectivity index (χ0) is 33.5. The number of carbonyl (C=O) groups excluding carboxylic acids is 2. The molecule has 3 aromatic rings. The molecule has 1 heterocycles. The van der Waals surface area contributed by atoms with Gasteiger partial charge in [-0.15, -0.1) is 0 Å². The molecule has 1 unspecified atom stereocenters. The van der Waals surface area contributed by atoms with E-state index < -0.39 is 34.0 Å². The molecule has 252 valence electrons. The fraction of sp³-hybridized carbons (Fsp3) is 0.512. The van der Waals surface area contributed by atoms with Gasteiger partial charge in [0, 0.05) is 28.4 Å². The normalized spacial score (nSPS) is 37.8. The van der Waals surface area contributed by atoms with Crippen molar-refractivity contribution >= 4 is 22.6 Å². The number of Topliss-reactive ketones (excluding diaryl/α,β-unsaturated/α-hetero) is 1. The molecule has 2 N–H and O–H groups in total. The predicted octanol–water partition coefficient (Wildman–Crippen LogP) is 7.87. The lowest BCUT2D eigenvalue weighted by Crippen LogP contribution is -2.67. The third-order valence-corrected chi connectivity index (χ3v) is 13.9. The number of allylic oxidation sites excluding steroid dienone is 4. The molecule has 8 atom stereocenters. The van der Waals surface area contributed by atoms with Crippen molar-refractivity contribution in [1.29, 1.82) is 0 Å². The lowest BCUT2D eigenvalue weighted by molar-refractivity contribution is -0.175. The first-order chi connectivity index (χ1) is 23.0. The van der Waals surface area contributed by atoms with E-state index in [4.69, 9.17) is 9.15 Å². The lowest BCUT2D eigenvalue weighted by atomic mass is 9.32. The minimum Gasteiger partial charge on any atom is -0.461 e. The van der Waals surface area contributed by atoms with Crippen LogP contribution in [0.2, 0.25) is 0 Å². The van der Waals surface area contributed by atoms with E-state index in [1.54, 1.807) is 23.3 Å².